The molecular formula is C20H19N3O5S. The van der Waals surface area contributed by atoms with E-state index in [9.17, 15) is 19.5 Å². The van der Waals surface area contributed by atoms with Gasteiger partial charge < -0.3 is 20.5 Å². The number of nitrogens with zero attached hydrogens (tertiary/aromatic N) is 1. The summed E-state index contributed by atoms with van der Waals surface area (Å²) in [5.41, 5.74) is 1.49. The molecule has 1 heterocycles. The zero-order chi connectivity index (χ0) is 20.8. The van der Waals surface area contributed by atoms with Crippen LogP contribution < -0.4 is 10.6 Å². The van der Waals surface area contributed by atoms with Gasteiger partial charge in [0.25, 0.3) is 0 Å². The number of amides is 2. The highest BCUT2D eigenvalue weighted by atomic mass is 32.2. The van der Waals surface area contributed by atoms with Crippen LogP contribution in [0.4, 0.5) is 11.4 Å². The molecule has 3 rings (SSSR count). The summed E-state index contributed by atoms with van der Waals surface area (Å²) in [6.45, 7) is 2.01. The number of phenols is 1. The monoisotopic (exact) mass is 413 g/mol. The molecule has 2 aromatic carbocycles. The summed E-state index contributed by atoms with van der Waals surface area (Å²) in [6.07, 6.45) is -0.0231. The van der Waals surface area contributed by atoms with Gasteiger partial charge in [0.05, 0.1) is 17.9 Å². The lowest BCUT2D eigenvalue weighted by Crippen LogP contribution is -2.28. The van der Waals surface area contributed by atoms with Crippen LogP contribution in [0.15, 0.2) is 53.5 Å². The summed E-state index contributed by atoms with van der Waals surface area (Å²) in [6, 6.07) is 12.6. The molecule has 1 saturated heterocycles. The van der Waals surface area contributed by atoms with Crippen LogP contribution in [0.5, 0.6) is 5.75 Å². The minimum Gasteiger partial charge on any atom is -0.508 e. The Morgan fingerprint density at radius 1 is 1.17 bits per heavy atom. The predicted octanol–water partition coefficient (Wildman–Crippen LogP) is 2.82. The van der Waals surface area contributed by atoms with Gasteiger partial charge in [-0.1, -0.05) is 11.8 Å². The largest absolute Gasteiger partial charge is 0.508 e. The normalized spacial score (nSPS) is 17.1. The third-order valence-corrected chi connectivity index (χ3v) is 4.99. The molecule has 1 fully saturated rings. The number of hydrogen-bond acceptors (Lipinski definition) is 7. The van der Waals surface area contributed by atoms with E-state index in [4.69, 9.17) is 4.74 Å². The molecule has 3 N–H and O–H groups in total. The number of rotatable bonds is 6. The molecular weight excluding hydrogens is 394 g/mol. The SMILES string of the molecule is CCOC(=O)c1ccc(NC(=O)C[C@@H]2SC(=Nc3ccc(O)cc3)NC2=O)cc1. The van der Waals surface area contributed by atoms with Crippen molar-refractivity contribution in [3.63, 3.8) is 0 Å². The molecule has 0 bridgehead atoms. The quantitative estimate of drug-likeness (QED) is 0.627. The van der Waals surface area contributed by atoms with E-state index in [1.807, 2.05) is 0 Å². The lowest BCUT2D eigenvalue weighted by Gasteiger charge is -2.08. The molecule has 1 aliphatic rings. The maximum Gasteiger partial charge on any atom is 0.338 e. The number of hydrogen-bond donors (Lipinski definition) is 3. The van der Waals surface area contributed by atoms with Crippen molar-refractivity contribution in [1.82, 2.24) is 5.32 Å². The first-order chi connectivity index (χ1) is 13.9. The van der Waals surface area contributed by atoms with E-state index < -0.39 is 11.2 Å². The smallest absolute Gasteiger partial charge is 0.338 e. The van der Waals surface area contributed by atoms with E-state index in [0.29, 0.717) is 22.1 Å². The highest BCUT2D eigenvalue weighted by Crippen LogP contribution is 2.26. The van der Waals surface area contributed by atoms with Gasteiger partial charge in [-0.05, 0) is 55.5 Å². The van der Waals surface area contributed by atoms with E-state index in [2.05, 4.69) is 15.6 Å². The van der Waals surface area contributed by atoms with Crippen LogP contribution in [0.25, 0.3) is 0 Å². The van der Waals surface area contributed by atoms with E-state index in [0.717, 1.165) is 0 Å². The van der Waals surface area contributed by atoms with Crippen LogP contribution in [0, 0.1) is 0 Å². The summed E-state index contributed by atoms with van der Waals surface area (Å²) in [5, 5.41) is 14.5. The number of nitrogens with one attached hydrogen (secondary N) is 2. The van der Waals surface area contributed by atoms with Crippen molar-refractivity contribution in [1.29, 1.82) is 0 Å². The molecule has 0 radical (unpaired) electrons. The fourth-order valence-corrected chi connectivity index (χ4v) is 3.51. The first-order valence-corrected chi connectivity index (χ1v) is 9.75. The molecule has 1 aliphatic heterocycles. The number of aromatic hydroxyl groups is 1. The summed E-state index contributed by atoms with van der Waals surface area (Å²) in [4.78, 5) is 40.3. The number of thioether (sulfide) groups is 1. The van der Waals surface area contributed by atoms with Gasteiger partial charge in [0.2, 0.25) is 11.8 Å². The average Bonchev–Trinajstić information content (AvgIpc) is 3.03. The van der Waals surface area contributed by atoms with Gasteiger partial charge in [-0.15, -0.1) is 0 Å². The Hall–Kier alpha value is -3.33. The first-order valence-electron chi connectivity index (χ1n) is 8.87. The molecule has 9 heteroatoms. The molecule has 8 nitrogen and oxygen atoms in total. The van der Waals surface area contributed by atoms with E-state index in [-0.39, 0.29) is 30.6 Å². The molecule has 150 valence electrons. The van der Waals surface area contributed by atoms with Crippen molar-refractivity contribution >= 4 is 46.1 Å². The number of ether oxygens (including phenoxy) is 1. The Kier molecular flexibility index (Phi) is 6.50. The third-order valence-electron chi connectivity index (χ3n) is 3.91. The van der Waals surface area contributed by atoms with Crippen LogP contribution in [-0.4, -0.2) is 39.9 Å². The lowest BCUT2D eigenvalue weighted by molar-refractivity contribution is -0.122. The molecule has 0 saturated carbocycles. The summed E-state index contributed by atoms with van der Waals surface area (Å²) in [7, 11) is 0. The van der Waals surface area contributed by atoms with Gasteiger partial charge in [0.15, 0.2) is 5.17 Å². The Bertz CT molecular complexity index is 942. The Labute approximate surface area is 171 Å². The number of phenolic OH excluding ortho intramolecular Hbond substituents is 1. The standard InChI is InChI=1S/C20H19N3O5S/c1-2-28-19(27)12-3-5-13(6-4-12)21-17(25)11-16-18(26)23-20(29-16)22-14-7-9-15(24)10-8-14/h3-10,16,24H,2,11H2,1H3,(H,21,25)(H,22,23,26)/t16-/m0/s1. The highest BCUT2D eigenvalue weighted by molar-refractivity contribution is 8.15. The van der Waals surface area contributed by atoms with Crippen molar-refractivity contribution in [3.05, 3.63) is 54.1 Å². The molecule has 29 heavy (non-hydrogen) atoms. The first kappa shape index (κ1) is 20.4. The Morgan fingerprint density at radius 3 is 2.52 bits per heavy atom. The second-order valence-corrected chi connectivity index (χ2v) is 7.27. The third kappa shape index (κ3) is 5.58. The predicted molar refractivity (Wildman–Crippen MR) is 110 cm³/mol. The van der Waals surface area contributed by atoms with E-state index in [1.165, 1.54) is 23.9 Å². The summed E-state index contributed by atoms with van der Waals surface area (Å²) in [5.74, 6) is -0.917. The zero-order valence-electron chi connectivity index (χ0n) is 15.5. The molecule has 2 aromatic rings. The van der Waals surface area contributed by atoms with Crippen molar-refractivity contribution in [2.75, 3.05) is 11.9 Å². The fraction of sp³-hybridized carbons (Fsp3) is 0.200. The van der Waals surface area contributed by atoms with Gasteiger partial charge >= 0.3 is 5.97 Å². The number of esters is 1. The average molecular weight is 413 g/mol. The molecule has 0 aliphatic carbocycles. The zero-order valence-corrected chi connectivity index (χ0v) is 16.4. The maximum absolute atomic E-state index is 12.3. The second-order valence-electron chi connectivity index (χ2n) is 6.08. The second kappa shape index (κ2) is 9.24. The van der Waals surface area contributed by atoms with Gasteiger partial charge in [-0.3, -0.25) is 9.59 Å². The van der Waals surface area contributed by atoms with Crippen LogP contribution in [0.2, 0.25) is 0 Å². The highest BCUT2D eigenvalue weighted by Gasteiger charge is 2.32. The van der Waals surface area contributed by atoms with E-state index >= 15 is 0 Å². The van der Waals surface area contributed by atoms with Gasteiger partial charge in [0, 0.05) is 12.1 Å². The van der Waals surface area contributed by atoms with Crippen molar-refractivity contribution in [2.24, 2.45) is 4.99 Å². The minimum atomic E-state index is -0.593. The summed E-state index contributed by atoms with van der Waals surface area (Å²) < 4.78 is 4.91. The molecule has 0 spiro atoms. The number of anilines is 1. The van der Waals surface area contributed by atoms with Gasteiger partial charge in [0.1, 0.15) is 11.0 Å². The van der Waals surface area contributed by atoms with Gasteiger partial charge in [-0.2, -0.15) is 0 Å². The minimum absolute atomic E-state index is 0.0231. The van der Waals surface area contributed by atoms with Crippen LogP contribution >= 0.6 is 11.8 Å². The molecule has 0 aromatic heterocycles. The Morgan fingerprint density at radius 2 is 1.86 bits per heavy atom. The molecule has 0 unspecified atom stereocenters. The van der Waals surface area contributed by atoms with E-state index in [1.54, 1.807) is 43.3 Å². The van der Waals surface area contributed by atoms with Crippen LogP contribution in [-0.2, 0) is 14.3 Å². The van der Waals surface area contributed by atoms with Crippen LogP contribution in [0.3, 0.4) is 0 Å². The fourth-order valence-electron chi connectivity index (χ4n) is 2.52. The van der Waals surface area contributed by atoms with Crippen molar-refractivity contribution in [2.45, 2.75) is 18.6 Å². The lowest BCUT2D eigenvalue weighted by atomic mass is 10.2. The topological polar surface area (TPSA) is 117 Å². The number of amidine groups is 1. The van der Waals surface area contributed by atoms with Crippen LogP contribution in [0.1, 0.15) is 23.7 Å². The maximum atomic E-state index is 12.3. The number of carbonyl (C=O) groups is 3. The molecule has 2 amide bonds. The number of benzene rings is 2. The molecule has 1 atom stereocenters. The van der Waals surface area contributed by atoms with Gasteiger partial charge in [-0.25, -0.2) is 9.79 Å². The number of carbonyl (C=O) groups excluding carboxylic acids is 3. The van der Waals surface area contributed by atoms with Crippen molar-refractivity contribution in [3.8, 4) is 5.75 Å². The Balaban J connectivity index is 1.56. The number of aliphatic imine (C=N–C) groups is 1. The summed E-state index contributed by atoms with van der Waals surface area (Å²) >= 11 is 1.17. The van der Waals surface area contributed by atoms with Crippen molar-refractivity contribution < 1.29 is 24.2 Å².